The summed E-state index contributed by atoms with van der Waals surface area (Å²) in [6, 6.07) is 17.5. The zero-order valence-corrected chi connectivity index (χ0v) is 19.4. The third-order valence-corrected chi connectivity index (χ3v) is 7.29. The Morgan fingerprint density at radius 3 is 2.33 bits per heavy atom. The number of likely N-dealkylation sites (tertiary alicyclic amines) is 1. The van der Waals surface area contributed by atoms with Crippen molar-refractivity contribution in [2.24, 2.45) is 5.92 Å². The Balaban J connectivity index is 1.26. The number of carbonyl (C=O) groups is 1. The molecule has 33 heavy (non-hydrogen) atoms. The monoisotopic (exact) mass is 448 g/mol. The van der Waals surface area contributed by atoms with Crippen LogP contribution in [0, 0.1) is 11.7 Å². The number of amides is 1. The molecule has 2 aromatic carbocycles. The van der Waals surface area contributed by atoms with E-state index in [1.807, 2.05) is 12.1 Å². The molecule has 0 N–H and O–H groups in total. The average molecular weight is 449 g/mol. The summed E-state index contributed by atoms with van der Waals surface area (Å²) in [7, 11) is 2.12. The molecule has 1 aromatic heterocycles. The lowest BCUT2D eigenvalue weighted by atomic mass is 9.95. The Kier molecular flexibility index (Phi) is 6.47. The second-order valence-corrected chi connectivity index (χ2v) is 9.59. The number of rotatable bonds is 5. The molecular formula is C27H33FN4O. The molecule has 0 spiro atoms. The Morgan fingerprint density at radius 1 is 0.909 bits per heavy atom. The highest BCUT2D eigenvalue weighted by molar-refractivity contribution is 5.81. The van der Waals surface area contributed by atoms with Gasteiger partial charge in [0.2, 0.25) is 5.91 Å². The van der Waals surface area contributed by atoms with Gasteiger partial charge in [0.1, 0.15) is 5.82 Å². The summed E-state index contributed by atoms with van der Waals surface area (Å²) in [6.45, 7) is 7.15. The summed E-state index contributed by atoms with van der Waals surface area (Å²) in [4.78, 5) is 19.8. The number of benzene rings is 2. The van der Waals surface area contributed by atoms with E-state index in [9.17, 15) is 9.18 Å². The van der Waals surface area contributed by atoms with Gasteiger partial charge in [-0.15, -0.1) is 0 Å². The largest absolute Gasteiger partial charge is 0.340 e. The Bertz CT molecular complexity index is 1090. The van der Waals surface area contributed by atoms with Gasteiger partial charge >= 0.3 is 0 Å². The fourth-order valence-electron chi connectivity index (χ4n) is 5.21. The van der Waals surface area contributed by atoms with Crippen LogP contribution in [0.3, 0.4) is 0 Å². The second-order valence-electron chi connectivity index (χ2n) is 9.59. The van der Waals surface area contributed by atoms with Gasteiger partial charge in [-0.2, -0.15) is 0 Å². The molecule has 2 aliphatic rings. The van der Waals surface area contributed by atoms with Crippen LogP contribution < -0.4 is 0 Å². The number of aromatic nitrogens is 1. The van der Waals surface area contributed by atoms with Gasteiger partial charge in [0.25, 0.3) is 0 Å². The van der Waals surface area contributed by atoms with Gasteiger partial charge in [-0.25, -0.2) is 4.39 Å². The van der Waals surface area contributed by atoms with Crippen LogP contribution in [0.2, 0.25) is 0 Å². The van der Waals surface area contributed by atoms with Crippen LogP contribution in [-0.4, -0.2) is 71.5 Å². The van der Waals surface area contributed by atoms with Gasteiger partial charge in [-0.3, -0.25) is 9.69 Å². The van der Waals surface area contributed by atoms with Crippen molar-refractivity contribution in [1.29, 1.82) is 0 Å². The quantitative estimate of drug-likeness (QED) is 0.595. The van der Waals surface area contributed by atoms with Crippen molar-refractivity contribution in [3.63, 3.8) is 0 Å². The van der Waals surface area contributed by atoms with Gasteiger partial charge in [-0.1, -0.05) is 30.3 Å². The fraction of sp³-hybridized carbons (Fsp3) is 0.444. The number of nitrogens with zero attached hydrogens (tertiary/aromatic N) is 4. The maximum absolute atomic E-state index is 13.4. The van der Waals surface area contributed by atoms with Crippen molar-refractivity contribution < 1.29 is 9.18 Å². The summed E-state index contributed by atoms with van der Waals surface area (Å²) in [5, 5.41) is 1.23. The minimum Gasteiger partial charge on any atom is -0.340 e. The highest BCUT2D eigenvalue weighted by Gasteiger charge is 2.30. The lowest BCUT2D eigenvalue weighted by Crippen LogP contribution is -2.50. The van der Waals surface area contributed by atoms with E-state index < -0.39 is 0 Å². The number of piperazine rings is 1. The van der Waals surface area contributed by atoms with Crippen LogP contribution in [-0.2, 0) is 17.9 Å². The van der Waals surface area contributed by atoms with Crippen molar-refractivity contribution in [2.45, 2.75) is 25.9 Å². The van der Waals surface area contributed by atoms with E-state index in [1.54, 1.807) is 0 Å². The van der Waals surface area contributed by atoms with E-state index in [0.29, 0.717) is 5.91 Å². The summed E-state index contributed by atoms with van der Waals surface area (Å²) < 4.78 is 15.7. The third kappa shape index (κ3) is 4.97. The van der Waals surface area contributed by atoms with Crippen molar-refractivity contribution in [3.05, 3.63) is 71.7 Å². The molecule has 0 bridgehead atoms. The van der Waals surface area contributed by atoms with E-state index >= 15 is 0 Å². The molecule has 0 saturated carbocycles. The summed E-state index contributed by atoms with van der Waals surface area (Å²) >= 11 is 0. The number of fused-ring (bicyclic) bond motifs is 1. The Morgan fingerprint density at radius 2 is 1.61 bits per heavy atom. The number of halogens is 1. The molecule has 5 nitrogen and oxygen atoms in total. The molecule has 3 aromatic rings. The first-order chi connectivity index (χ1) is 16.1. The minimum absolute atomic E-state index is 0.162. The zero-order chi connectivity index (χ0) is 22.8. The molecule has 1 amide bonds. The Hall–Kier alpha value is -2.70. The number of para-hydroxylation sites is 1. The molecule has 3 heterocycles. The average Bonchev–Trinajstić information content (AvgIpc) is 3.18. The molecule has 0 atom stereocenters. The summed E-state index contributed by atoms with van der Waals surface area (Å²) in [5.74, 6) is 0.313. The highest BCUT2D eigenvalue weighted by Crippen LogP contribution is 2.26. The van der Waals surface area contributed by atoms with Gasteiger partial charge in [0.15, 0.2) is 0 Å². The maximum Gasteiger partial charge on any atom is 0.225 e. The standard InChI is InChI=1S/C27H33FN4O/c1-29-14-16-31(17-15-29)27(33)22-10-12-30(13-11-22)20-25-18-23-4-2-3-5-26(23)32(25)19-21-6-8-24(28)9-7-21/h2-9,18,22H,10-17,19-20H2,1H3. The molecule has 2 saturated heterocycles. The maximum atomic E-state index is 13.4. The second kappa shape index (κ2) is 9.65. The zero-order valence-electron chi connectivity index (χ0n) is 19.4. The van der Waals surface area contributed by atoms with Gasteiger partial charge in [0.05, 0.1) is 0 Å². The van der Waals surface area contributed by atoms with Crippen LogP contribution in [0.25, 0.3) is 10.9 Å². The van der Waals surface area contributed by atoms with Crippen molar-refractivity contribution in [2.75, 3.05) is 46.3 Å². The smallest absolute Gasteiger partial charge is 0.225 e. The van der Waals surface area contributed by atoms with Crippen molar-refractivity contribution in [1.82, 2.24) is 19.3 Å². The molecule has 0 aliphatic carbocycles. The van der Waals surface area contributed by atoms with Crippen LogP contribution in [0.15, 0.2) is 54.6 Å². The molecule has 2 aliphatic heterocycles. The lowest BCUT2D eigenvalue weighted by molar-refractivity contribution is -0.138. The number of hydrogen-bond donors (Lipinski definition) is 0. The van der Waals surface area contributed by atoms with Gasteiger partial charge < -0.3 is 14.4 Å². The van der Waals surface area contributed by atoms with E-state index in [0.717, 1.165) is 70.8 Å². The van der Waals surface area contributed by atoms with Crippen LogP contribution >= 0.6 is 0 Å². The van der Waals surface area contributed by atoms with Crippen LogP contribution in [0.5, 0.6) is 0 Å². The first-order valence-corrected chi connectivity index (χ1v) is 12.1. The van der Waals surface area contributed by atoms with Crippen molar-refractivity contribution in [3.8, 4) is 0 Å². The van der Waals surface area contributed by atoms with E-state index in [4.69, 9.17) is 0 Å². The molecule has 174 valence electrons. The van der Waals surface area contributed by atoms with Crippen molar-refractivity contribution >= 4 is 16.8 Å². The first-order valence-electron chi connectivity index (χ1n) is 12.1. The van der Waals surface area contributed by atoms with Gasteiger partial charge in [0, 0.05) is 56.4 Å². The van der Waals surface area contributed by atoms with E-state index in [-0.39, 0.29) is 11.7 Å². The van der Waals surface area contributed by atoms with E-state index in [1.165, 1.54) is 28.7 Å². The summed E-state index contributed by atoms with van der Waals surface area (Å²) in [5.41, 5.74) is 3.57. The highest BCUT2D eigenvalue weighted by atomic mass is 19.1. The molecule has 0 unspecified atom stereocenters. The molecule has 0 radical (unpaired) electrons. The summed E-state index contributed by atoms with van der Waals surface area (Å²) in [6.07, 6.45) is 1.87. The molecule has 6 heteroatoms. The van der Waals surface area contributed by atoms with Crippen LogP contribution in [0.1, 0.15) is 24.1 Å². The number of hydrogen-bond acceptors (Lipinski definition) is 3. The number of likely N-dealkylation sites (N-methyl/N-ethyl adjacent to an activating group) is 1. The predicted octanol–water partition coefficient (Wildman–Crippen LogP) is 3.81. The molecular weight excluding hydrogens is 415 g/mol. The Labute approximate surface area is 195 Å². The van der Waals surface area contributed by atoms with Crippen LogP contribution in [0.4, 0.5) is 4.39 Å². The predicted molar refractivity (Wildman–Crippen MR) is 130 cm³/mol. The number of carbonyl (C=O) groups excluding carboxylic acids is 1. The SMILES string of the molecule is CN1CCN(C(=O)C2CCN(Cc3cc4ccccc4n3Cc3ccc(F)cc3)CC2)CC1. The fourth-order valence-corrected chi connectivity index (χ4v) is 5.21. The number of piperidine rings is 1. The van der Waals surface area contributed by atoms with E-state index in [2.05, 4.69) is 56.6 Å². The third-order valence-electron chi connectivity index (χ3n) is 7.29. The molecule has 5 rings (SSSR count). The normalized spacial score (nSPS) is 18.8. The topological polar surface area (TPSA) is 31.7 Å². The van der Waals surface area contributed by atoms with Gasteiger partial charge in [-0.05, 0) is 68.2 Å². The lowest BCUT2D eigenvalue weighted by Gasteiger charge is -2.37. The first kappa shape index (κ1) is 22.1. The molecule has 2 fully saturated rings. The minimum atomic E-state index is -0.203.